The lowest BCUT2D eigenvalue weighted by Gasteiger charge is -2.12. The van der Waals surface area contributed by atoms with E-state index in [1.807, 2.05) is 6.92 Å². The van der Waals surface area contributed by atoms with Crippen LogP contribution in [0.2, 0.25) is 0 Å². The third kappa shape index (κ3) is 3.44. The van der Waals surface area contributed by atoms with Crippen LogP contribution in [0.25, 0.3) is 0 Å². The smallest absolute Gasteiger partial charge is 0.341 e. The number of fused-ring (bicyclic) bond motifs is 1. The molecule has 0 radical (unpaired) electrons. The van der Waals surface area contributed by atoms with Gasteiger partial charge in [0.05, 0.1) is 18.7 Å². The van der Waals surface area contributed by atoms with Crippen molar-refractivity contribution in [1.29, 1.82) is 0 Å². The fourth-order valence-electron chi connectivity index (χ4n) is 2.62. The normalized spacial score (nSPS) is 15.2. The Labute approximate surface area is 128 Å². The molecule has 116 valence electrons. The first-order valence-corrected chi connectivity index (χ1v) is 8.19. The first-order valence-electron chi connectivity index (χ1n) is 7.37. The van der Waals surface area contributed by atoms with Crippen LogP contribution >= 0.6 is 11.3 Å². The Kier molecular flexibility index (Phi) is 5.36. The molecule has 1 aromatic rings. The van der Waals surface area contributed by atoms with Crippen molar-refractivity contribution in [3.63, 3.8) is 0 Å². The molecule has 1 amide bonds. The fraction of sp³-hybridized carbons (Fsp3) is 0.600. The molecule has 0 fully saturated rings. The van der Waals surface area contributed by atoms with Gasteiger partial charge in [0.1, 0.15) is 5.00 Å². The number of hydrogen-bond acceptors (Lipinski definition) is 5. The second kappa shape index (κ2) is 7.04. The van der Waals surface area contributed by atoms with E-state index in [2.05, 4.69) is 5.32 Å². The maximum Gasteiger partial charge on any atom is 0.341 e. The van der Waals surface area contributed by atoms with Gasteiger partial charge in [-0.1, -0.05) is 13.3 Å². The SMILES string of the molecule is CCC[C@H](N)C(=O)Nc1sc2c(c1C(=O)OC)CCCC2. The number of ether oxygens (including phenoxy) is 1. The van der Waals surface area contributed by atoms with Crippen LogP contribution in [-0.4, -0.2) is 25.0 Å². The summed E-state index contributed by atoms with van der Waals surface area (Å²) in [4.78, 5) is 25.3. The number of nitrogens with one attached hydrogen (secondary N) is 1. The first kappa shape index (κ1) is 16.0. The van der Waals surface area contributed by atoms with Crippen LogP contribution in [0.4, 0.5) is 5.00 Å². The largest absolute Gasteiger partial charge is 0.465 e. The van der Waals surface area contributed by atoms with E-state index in [0.29, 0.717) is 17.0 Å². The number of thiophene rings is 1. The quantitative estimate of drug-likeness (QED) is 0.819. The zero-order chi connectivity index (χ0) is 15.4. The highest BCUT2D eigenvalue weighted by Crippen LogP contribution is 2.38. The maximum absolute atomic E-state index is 12.1. The summed E-state index contributed by atoms with van der Waals surface area (Å²) in [5.74, 6) is -0.616. The molecule has 0 aromatic carbocycles. The number of esters is 1. The van der Waals surface area contributed by atoms with Crippen molar-refractivity contribution in [2.75, 3.05) is 12.4 Å². The van der Waals surface area contributed by atoms with Gasteiger partial charge in [-0.15, -0.1) is 11.3 Å². The molecule has 1 aliphatic carbocycles. The van der Waals surface area contributed by atoms with Crippen LogP contribution < -0.4 is 11.1 Å². The van der Waals surface area contributed by atoms with Crippen molar-refractivity contribution in [3.8, 4) is 0 Å². The predicted octanol–water partition coefficient (Wildman–Crippen LogP) is 2.48. The predicted molar refractivity (Wildman–Crippen MR) is 83.8 cm³/mol. The molecule has 1 aliphatic rings. The first-order chi connectivity index (χ1) is 10.1. The van der Waals surface area contributed by atoms with Crippen molar-refractivity contribution in [2.45, 2.75) is 51.5 Å². The molecule has 0 unspecified atom stereocenters. The number of carbonyl (C=O) groups excluding carboxylic acids is 2. The zero-order valence-corrected chi connectivity index (χ0v) is 13.3. The maximum atomic E-state index is 12.1. The average Bonchev–Trinajstić information content (AvgIpc) is 2.84. The number of hydrogen-bond donors (Lipinski definition) is 2. The lowest BCUT2D eigenvalue weighted by Crippen LogP contribution is -2.35. The number of anilines is 1. The Morgan fingerprint density at radius 2 is 2.10 bits per heavy atom. The number of rotatable bonds is 5. The van der Waals surface area contributed by atoms with E-state index in [1.54, 1.807) is 0 Å². The molecule has 6 heteroatoms. The lowest BCUT2D eigenvalue weighted by molar-refractivity contribution is -0.117. The van der Waals surface area contributed by atoms with E-state index < -0.39 is 6.04 Å². The van der Waals surface area contributed by atoms with Gasteiger partial charge in [-0.3, -0.25) is 4.79 Å². The van der Waals surface area contributed by atoms with Crippen LogP contribution in [0.15, 0.2) is 0 Å². The third-order valence-electron chi connectivity index (χ3n) is 3.73. The summed E-state index contributed by atoms with van der Waals surface area (Å²) < 4.78 is 4.88. The minimum absolute atomic E-state index is 0.236. The topological polar surface area (TPSA) is 81.4 Å². The van der Waals surface area contributed by atoms with Crippen molar-refractivity contribution < 1.29 is 14.3 Å². The minimum Gasteiger partial charge on any atom is -0.465 e. The Balaban J connectivity index is 2.28. The minimum atomic E-state index is -0.542. The Bertz CT molecular complexity index is 539. The highest BCUT2D eigenvalue weighted by atomic mass is 32.1. The molecule has 0 bridgehead atoms. The molecule has 1 aromatic heterocycles. The molecule has 5 nitrogen and oxygen atoms in total. The van der Waals surface area contributed by atoms with Crippen LogP contribution in [0.5, 0.6) is 0 Å². The average molecular weight is 310 g/mol. The van der Waals surface area contributed by atoms with Gasteiger partial charge in [0.15, 0.2) is 0 Å². The summed E-state index contributed by atoms with van der Waals surface area (Å²) in [5, 5.41) is 3.41. The van der Waals surface area contributed by atoms with Crippen molar-refractivity contribution in [1.82, 2.24) is 0 Å². The third-order valence-corrected chi connectivity index (χ3v) is 4.94. The Hall–Kier alpha value is -1.40. The van der Waals surface area contributed by atoms with Gasteiger partial charge in [-0.25, -0.2) is 4.79 Å². The van der Waals surface area contributed by atoms with E-state index in [0.717, 1.165) is 37.7 Å². The number of amides is 1. The second-order valence-corrected chi connectivity index (χ2v) is 6.40. The molecule has 1 atom stereocenters. The second-order valence-electron chi connectivity index (χ2n) is 5.29. The van der Waals surface area contributed by atoms with E-state index in [1.165, 1.54) is 23.3 Å². The molecule has 2 rings (SSSR count). The number of methoxy groups -OCH3 is 1. The van der Waals surface area contributed by atoms with E-state index in [-0.39, 0.29) is 11.9 Å². The van der Waals surface area contributed by atoms with Crippen molar-refractivity contribution in [2.24, 2.45) is 5.73 Å². The lowest BCUT2D eigenvalue weighted by atomic mass is 9.95. The van der Waals surface area contributed by atoms with Crippen molar-refractivity contribution in [3.05, 3.63) is 16.0 Å². The van der Waals surface area contributed by atoms with Gasteiger partial charge < -0.3 is 15.8 Å². The van der Waals surface area contributed by atoms with E-state index >= 15 is 0 Å². The molecule has 0 saturated carbocycles. The highest BCUT2D eigenvalue weighted by Gasteiger charge is 2.27. The molecule has 21 heavy (non-hydrogen) atoms. The molecular formula is C15H22N2O3S. The van der Waals surface area contributed by atoms with E-state index in [4.69, 9.17) is 10.5 Å². The van der Waals surface area contributed by atoms with Crippen LogP contribution in [-0.2, 0) is 22.4 Å². The van der Waals surface area contributed by atoms with Crippen molar-refractivity contribution >= 4 is 28.2 Å². The van der Waals surface area contributed by atoms with Crippen LogP contribution in [0.1, 0.15) is 53.4 Å². The Morgan fingerprint density at radius 1 is 1.38 bits per heavy atom. The van der Waals surface area contributed by atoms with Gasteiger partial charge >= 0.3 is 5.97 Å². The van der Waals surface area contributed by atoms with Gasteiger partial charge in [-0.05, 0) is 37.7 Å². The highest BCUT2D eigenvalue weighted by molar-refractivity contribution is 7.17. The summed E-state index contributed by atoms with van der Waals surface area (Å²) in [6, 6.07) is -0.542. The van der Waals surface area contributed by atoms with E-state index in [9.17, 15) is 9.59 Å². The molecule has 1 heterocycles. The Morgan fingerprint density at radius 3 is 2.76 bits per heavy atom. The van der Waals surface area contributed by atoms with Gasteiger partial charge in [0, 0.05) is 4.88 Å². The summed E-state index contributed by atoms with van der Waals surface area (Å²) in [6.07, 6.45) is 5.49. The number of nitrogens with two attached hydrogens (primary N) is 1. The number of carbonyl (C=O) groups is 2. The van der Waals surface area contributed by atoms with Gasteiger partial charge in [0.2, 0.25) is 5.91 Å². The van der Waals surface area contributed by atoms with Gasteiger partial charge in [-0.2, -0.15) is 0 Å². The fourth-order valence-corrected chi connectivity index (χ4v) is 3.90. The summed E-state index contributed by atoms with van der Waals surface area (Å²) >= 11 is 1.48. The van der Waals surface area contributed by atoms with Crippen LogP contribution in [0, 0.1) is 0 Å². The standard InChI is InChI=1S/C15H22N2O3S/c1-3-6-10(16)13(18)17-14-12(15(19)20-2)9-7-4-5-8-11(9)21-14/h10H,3-8,16H2,1-2H3,(H,17,18)/t10-/m0/s1. The zero-order valence-electron chi connectivity index (χ0n) is 12.5. The summed E-state index contributed by atoms with van der Waals surface area (Å²) in [6.45, 7) is 1.98. The van der Waals surface area contributed by atoms with Gasteiger partial charge in [0.25, 0.3) is 0 Å². The summed E-state index contributed by atoms with van der Waals surface area (Å²) in [5.41, 5.74) is 7.39. The molecule has 0 aliphatic heterocycles. The molecule has 3 N–H and O–H groups in total. The summed E-state index contributed by atoms with van der Waals surface area (Å²) in [7, 11) is 1.36. The molecule has 0 spiro atoms. The number of aryl methyl sites for hydroxylation is 1. The molecular weight excluding hydrogens is 288 g/mol. The van der Waals surface area contributed by atoms with Crippen LogP contribution in [0.3, 0.4) is 0 Å². The monoisotopic (exact) mass is 310 g/mol. The molecule has 0 saturated heterocycles.